The summed E-state index contributed by atoms with van der Waals surface area (Å²) in [5, 5.41) is 14.1. The summed E-state index contributed by atoms with van der Waals surface area (Å²) >= 11 is 0. The molecule has 4 rings (SSSR count). The van der Waals surface area contributed by atoms with E-state index in [9.17, 15) is 14.7 Å². The molecule has 0 unspecified atom stereocenters. The van der Waals surface area contributed by atoms with E-state index in [1.807, 2.05) is 54.6 Å². The Labute approximate surface area is 161 Å². The SMILES string of the molecule is Cn1c(O)c(C2=Nc3ccccc3N[C@@H](c3ccccc3)C2)c(=O)n(C)c1=O. The van der Waals surface area contributed by atoms with E-state index in [0.717, 1.165) is 20.4 Å². The van der Waals surface area contributed by atoms with Crippen LogP contribution in [-0.4, -0.2) is 20.0 Å². The van der Waals surface area contributed by atoms with Gasteiger partial charge in [-0.25, -0.2) is 4.79 Å². The number of fused-ring (bicyclic) bond motifs is 1. The first-order chi connectivity index (χ1) is 13.5. The first-order valence-electron chi connectivity index (χ1n) is 8.95. The van der Waals surface area contributed by atoms with Gasteiger partial charge in [0.25, 0.3) is 5.56 Å². The molecule has 0 bridgehead atoms. The third-order valence-electron chi connectivity index (χ3n) is 5.01. The van der Waals surface area contributed by atoms with Gasteiger partial charge in [-0.2, -0.15) is 0 Å². The summed E-state index contributed by atoms with van der Waals surface area (Å²) in [6.07, 6.45) is 0.375. The molecular formula is C21H20N4O3. The third-order valence-corrected chi connectivity index (χ3v) is 5.01. The first kappa shape index (κ1) is 17.8. The van der Waals surface area contributed by atoms with Crippen LogP contribution in [0.3, 0.4) is 0 Å². The second-order valence-corrected chi connectivity index (χ2v) is 6.79. The Morgan fingerprint density at radius 2 is 1.68 bits per heavy atom. The van der Waals surface area contributed by atoms with Gasteiger partial charge in [0, 0.05) is 20.5 Å². The van der Waals surface area contributed by atoms with Gasteiger partial charge in [0.2, 0.25) is 5.88 Å². The average molecular weight is 376 g/mol. The summed E-state index contributed by atoms with van der Waals surface area (Å²) in [4.78, 5) is 29.6. The van der Waals surface area contributed by atoms with Crippen molar-refractivity contribution in [2.24, 2.45) is 19.1 Å². The molecule has 0 radical (unpaired) electrons. The van der Waals surface area contributed by atoms with Crippen LogP contribution in [-0.2, 0) is 14.1 Å². The highest BCUT2D eigenvalue weighted by Crippen LogP contribution is 2.35. The van der Waals surface area contributed by atoms with Crippen LogP contribution in [0.2, 0.25) is 0 Å². The Hall–Kier alpha value is -3.61. The van der Waals surface area contributed by atoms with Crippen LogP contribution in [0.15, 0.2) is 69.2 Å². The fourth-order valence-corrected chi connectivity index (χ4v) is 3.45. The highest BCUT2D eigenvalue weighted by atomic mass is 16.3. The van der Waals surface area contributed by atoms with E-state index in [2.05, 4.69) is 10.3 Å². The van der Waals surface area contributed by atoms with Crippen molar-refractivity contribution in [3.63, 3.8) is 0 Å². The van der Waals surface area contributed by atoms with Crippen LogP contribution >= 0.6 is 0 Å². The second-order valence-electron chi connectivity index (χ2n) is 6.79. The molecule has 0 spiro atoms. The van der Waals surface area contributed by atoms with E-state index in [1.165, 1.54) is 14.1 Å². The summed E-state index contributed by atoms with van der Waals surface area (Å²) in [6.45, 7) is 0. The number of hydrogen-bond donors (Lipinski definition) is 2. The maximum absolute atomic E-state index is 12.8. The van der Waals surface area contributed by atoms with Crippen molar-refractivity contribution in [2.75, 3.05) is 5.32 Å². The third kappa shape index (κ3) is 2.90. The molecular weight excluding hydrogens is 356 g/mol. The quantitative estimate of drug-likeness (QED) is 0.719. The van der Waals surface area contributed by atoms with Gasteiger partial charge in [0.15, 0.2) is 0 Å². The minimum absolute atomic E-state index is 0.0454. The zero-order chi connectivity index (χ0) is 19.8. The van der Waals surface area contributed by atoms with Crippen LogP contribution in [0.5, 0.6) is 5.88 Å². The Morgan fingerprint density at radius 3 is 2.43 bits per heavy atom. The van der Waals surface area contributed by atoms with Gasteiger partial charge in [-0.15, -0.1) is 0 Å². The van der Waals surface area contributed by atoms with Gasteiger partial charge < -0.3 is 10.4 Å². The summed E-state index contributed by atoms with van der Waals surface area (Å²) in [5.41, 5.74) is 1.87. The first-order valence-corrected chi connectivity index (χ1v) is 8.95. The molecule has 1 atom stereocenters. The molecule has 2 aromatic carbocycles. The number of aromatic hydroxyl groups is 1. The fourth-order valence-electron chi connectivity index (χ4n) is 3.45. The van der Waals surface area contributed by atoms with Crippen LogP contribution in [0.4, 0.5) is 11.4 Å². The molecule has 142 valence electrons. The highest BCUT2D eigenvalue weighted by molar-refractivity contribution is 6.05. The lowest BCUT2D eigenvalue weighted by molar-refractivity contribution is 0.410. The topological polar surface area (TPSA) is 88.6 Å². The summed E-state index contributed by atoms with van der Waals surface area (Å²) < 4.78 is 2.04. The molecule has 1 aliphatic heterocycles. The number of nitrogens with zero attached hydrogens (tertiary/aromatic N) is 3. The van der Waals surface area contributed by atoms with Crippen LogP contribution in [0.1, 0.15) is 23.6 Å². The van der Waals surface area contributed by atoms with Gasteiger partial charge in [0.05, 0.1) is 23.1 Å². The van der Waals surface area contributed by atoms with Gasteiger partial charge in [-0.1, -0.05) is 42.5 Å². The molecule has 1 aliphatic rings. The Bertz CT molecular complexity index is 1190. The number of hydrogen-bond acceptors (Lipinski definition) is 5. The average Bonchev–Trinajstić information content (AvgIpc) is 2.91. The molecule has 3 aromatic rings. The van der Waals surface area contributed by atoms with Crippen LogP contribution < -0.4 is 16.6 Å². The van der Waals surface area contributed by atoms with E-state index in [1.54, 1.807) is 0 Å². The van der Waals surface area contributed by atoms with Crippen molar-refractivity contribution in [3.8, 4) is 5.88 Å². The molecule has 0 saturated carbocycles. The molecule has 1 aromatic heterocycles. The van der Waals surface area contributed by atoms with Crippen molar-refractivity contribution in [1.29, 1.82) is 0 Å². The Kier molecular flexibility index (Phi) is 4.35. The van der Waals surface area contributed by atoms with Gasteiger partial charge >= 0.3 is 5.69 Å². The van der Waals surface area contributed by atoms with Crippen molar-refractivity contribution < 1.29 is 5.11 Å². The zero-order valence-corrected chi connectivity index (χ0v) is 15.6. The van der Waals surface area contributed by atoms with Gasteiger partial charge in [-0.05, 0) is 17.7 Å². The molecule has 2 heterocycles. The van der Waals surface area contributed by atoms with Gasteiger partial charge in [0.1, 0.15) is 5.56 Å². The largest absolute Gasteiger partial charge is 0.494 e. The van der Waals surface area contributed by atoms with Crippen molar-refractivity contribution in [3.05, 3.63) is 86.6 Å². The molecule has 0 amide bonds. The van der Waals surface area contributed by atoms with E-state index in [4.69, 9.17) is 0 Å². The zero-order valence-electron chi connectivity index (χ0n) is 15.6. The monoisotopic (exact) mass is 376 g/mol. The summed E-state index contributed by atoms with van der Waals surface area (Å²) in [7, 11) is 2.82. The molecule has 28 heavy (non-hydrogen) atoms. The number of anilines is 1. The summed E-state index contributed by atoms with van der Waals surface area (Å²) in [5.74, 6) is -0.377. The number of aromatic nitrogens is 2. The maximum Gasteiger partial charge on any atom is 0.333 e. The highest BCUT2D eigenvalue weighted by Gasteiger charge is 2.26. The van der Waals surface area contributed by atoms with Gasteiger partial charge in [-0.3, -0.25) is 18.9 Å². The Balaban J connectivity index is 1.95. The number of para-hydroxylation sites is 2. The van der Waals surface area contributed by atoms with Crippen molar-refractivity contribution >= 4 is 17.1 Å². The molecule has 0 saturated heterocycles. The predicted octanol–water partition coefficient (Wildman–Crippen LogP) is 2.47. The molecule has 7 heteroatoms. The number of aliphatic imine (C=N–C) groups is 1. The number of nitrogens with one attached hydrogen (secondary N) is 1. The van der Waals surface area contributed by atoms with E-state index >= 15 is 0 Å². The second kappa shape index (κ2) is 6.84. The minimum atomic E-state index is -0.585. The lowest BCUT2D eigenvalue weighted by Crippen LogP contribution is -2.40. The predicted molar refractivity (Wildman–Crippen MR) is 109 cm³/mol. The molecule has 2 N–H and O–H groups in total. The van der Waals surface area contributed by atoms with E-state index in [0.29, 0.717) is 17.8 Å². The Morgan fingerprint density at radius 1 is 1.00 bits per heavy atom. The van der Waals surface area contributed by atoms with E-state index in [-0.39, 0.29) is 17.5 Å². The lowest BCUT2D eigenvalue weighted by Gasteiger charge is -2.19. The lowest BCUT2D eigenvalue weighted by atomic mass is 9.98. The molecule has 0 aliphatic carbocycles. The number of rotatable bonds is 2. The standard InChI is InChI=1S/C21H20N4O3/c1-24-19(26)18(20(27)25(2)21(24)28)17-12-16(13-8-4-3-5-9-13)22-14-10-6-7-11-15(14)23-17/h3-11,16,22,26H,12H2,1-2H3/t16-/m1/s1. The van der Waals surface area contributed by atoms with Crippen molar-refractivity contribution in [2.45, 2.75) is 12.5 Å². The smallest absolute Gasteiger partial charge is 0.333 e. The normalized spacial score (nSPS) is 15.9. The minimum Gasteiger partial charge on any atom is -0.494 e. The van der Waals surface area contributed by atoms with Crippen molar-refractivity contribution in [1.82, 2.24) is 9.13 Å². The van der Waals surface area contributed by atoms with Crippen LogP contribution in [0.25, 0.3) is 0 Å². The fraction of sp³-hybridized carbons (Fsp3) is 0.190. The number of benzene rings is 2. The molecule has 7 nitrogen and oxygen atoms in total. The van der Waals surface area contributed by atoms with Crippen LogP contribution in [0, 0.1) is 0 Å². The maximum atomic E-state index is 12.8. The molecule has 0 fully saturated rings. The van der Waals surface area contributed by atoms with E-state index < -0.39 is 11.2 Å². The summed E-state index contributed by atoms with van der Waals surface area (Å²) in [6, 6.07) is 17.3.